The van der Waals surface area contributed by atoms with Crippen LogP contribution in [0.2, 0.25) is 0 Å². The molecule has 0 aromatic carbocycles. The van der Waals surface area contributed by atoms with Crippen molar-refractivity contribution in [1.82, 2.24) is 4.90 Å². The normalized spacial score (nSPS) is 11.2. The first-order chi connectivity index (χ1) is 7.35. The second kappa shape index (κ2) is 12.4. The Morgan fingerprint density at radius 1 is 1.07 bits per heavy atom. The van der Waals surface area contributed by atoms with Crippen molar-refractivity contribution in [3.05, 3.63) is 0 Å². The Balaban J connectivity index is 3.38. The zero-order valence-corrected chi connectivity index (χ0v) is 11.6. The van der Waals surface area contributed by atoms with Gasteiger partial charge in [0.15, 0.2) is 0 Å². The third-order valence-corrected chi connectivity index (χ3v) is 2.56. The van der Waals surface area contributed by atoms with E-state index < -0.39 is 0 Å². The van der Waals surface area contributed by atoms with E-state index in [-0.39, 0.29) is 0 Å². The third kappa shape index (κ3) is 10.6. The van der Waals surface area contributed by atoms with E-state index in [1.807, 2.05) is 0 Å². The fourth-order valence-corrected chi connectivity index (χ4v) is 1.72. The van der Waals surface area contributed by atoms with Crippen molar-refractivity contribution in [3.63, 3.8) is 0 Å². The molecule has 0 rings (SSSR count). The Labute approximate surface area is 102 Å². The van der Waals surface area contributed by atoms with Crippen LogP contribution in [0.5, 0.6) is 0 Å². The molecule has 0 aromatic heterocycles. The second-order valence-electron chi connectivity index (χ2n) is 3.49. The Kier molecular flexibility index (Phi) is 12.7. The first kappa shape index (κ1) is 15.4. The first-order valence-electron chi connectivity index (χ1n) is 5.70. The predicted molar refractivity (Wildman–Crippen MR) is 67.8 cm³/mol. The van der Waals surface area contributed by atoms with Crippen molar-refractivity contribution >= 4 is 15.9 Å². The number of methoxy groups -OCH3 is 1. The molecule has 0 aliphatic rings. The van der Waals surface area contributed by atoms with Crippen LogP contribution >= 0.6 is 15.9 Å². The molecule has 0 fully saturated rings. The fourth-order valence-electron chi connectivity index (χ4n) is 1.22. The van der Waals surface area contributed by atoms with Crippen LogP contribution < -0.4 is 0 Å². The van der Waals surface area contributed by atoms with Gasteiger partial charge in [0.1, 0.15) is 0 Å². The van der Waals surface area contributed by atoms with Crippen LogP contribution in [0.25, 0.3) is 0 Å². The van der Waals surface area contributed by atoms with Crippen LogP contribution in [0.4, 0.5) is 0 Å². The maximum Gasteiger partial charge on any atom is 0.0593 e. The van der Waals surface area contributed by atoms with Crippen molar-refractivity contribution in [1.29, 1.82) is 0 Å². The maximum atomic E-state index is 5.53. The molecule has 92 valence electrons. The van der Waals surface area contributed by atoms with Crippen molar-refractivity contribution in [2.75, 3.05) is 51.9 Å². The Hall–Kier alpha value is 0.360. The van der Waals surface area contributed by atoms with Crippen LogP contribution in [0, 0.1) is 0 Å². The largest absolute Gasteiger partial charge is 0.383 e. The Morgan fingerprint density at radius 3 is 2.40 bits per heavy atom. The maximum absolute atomic E-state index is 5.53. The minimum atomic E-state index is 0.794. The Bertz CT molecular complexity index is 125. The summed E-state index contributed by atoms with van der Waals surface area (Å²) in [5.74, 6) is 0. The molecule has 0 radical (unpaired) electrons. The Morgan fingerprint density at radius 2 is 1.80 bits per heavy atom. The minimum absolute atomic E-state index is 0.794. The van der Waals surface area contributed by atoms with E-state index in [4.69, 9.17) is 9.47 Å². The molecule has 0 aromatic rings. The molecule has 0 amide bonds. The summed E-state index contributed by atoms with van der Waals surface area (Å²) in [5, 5.41) is 1.01. The van der Waals surface area contributed by atoms with Crippen LogP contribution in [0.1, 0.15) is 19.8 Å². The highest BCUT2D eigenvalue weighted by atomic mass is 79.9. The van der Waals surface area contributed by atoms with E-state index >= 15 is 0 Å². The van der Waals surface area contributed by atoms with Crippen LogP contribution in [0.15, 0.2) is 0 Å². The van der Waals surface area contributed by atoms with E-state index in [2.05, 4.69) is 27.8 Å². The van der Waals surface area contributed by atoms with Crippen molar-refractivity contribution < 1.29 is 9.47 Å². The van der Waals surface area contributed by atoms with Gasteiger partial charge in [-0.1, -0.05) is 29.3 Å². The van der Waals surface area contributed by atoms with Gasteiger partial charge in [0.05, 0.1) is 13.2 Å². The van der Waals surface area contributed by atoms with Gasteiger partial charge in [-0.3, -0.25) is 4.90 Å². The lowest BCUT2D eigenvalue weighted by molar-refractivity contribution is 0.0895. The van der Waals surface area contributed by atoms with E-state index in [9.17, 15) is 0 Å². The molecule has 0 spiro atoms. The molecule has 0 heterocycles. The lowest BCUT2D eigenvalue weighted by atomic mass is 10.4. The van der Waals surface area contributed by atoms with E-state index in [0.29, 0.717) is 0 Å². The monoisotopic (exact) mass is 281 g/mol. The summed E-state index contributed by atoms with van der Waals surface area (Å²) in [5.41, 5.74) is 0. The number of hydrogen-bond acceptors (Lipinski definition) is 3. The number of ether oxygens (including phenoxy) is 2. The molecular formula is C11H24BrNO2. The molecule has 0 N–H and O–H groups in total. The van der Waals surface area contributed by atoms with Gasteiger partial charge in [0.25, 0.3) is 0 Å². The summed E-state index contributed by atoms with van der Waals surface area (Å²) in [4.78, 5) is 2.35. The molecular weight excluding hydrogens is 258 g/mol. The highest BCUT2D eigenvalue weighted by molar-refractivity contribution is 9.09. The fraction of sp³-hybridized carbons (Fsp3) is 1.00. The highest BCUT2D eigenvalue weighted by Gasteiger charge is 2.02. The molecule has 4 heteroatoms. The van der Waals surface area contributed by atoms with Gasteiger partial charge >= 0.3 is 0 Å². The zero-order chi connectivity index (χ0) is 11.4. The first-order valence-corrected chi connectivity index (χ1v) is 6.82. The third-order valence-electron chi connectivity index (χ3n) is 2.21. The van der Waals surface area contributed by atoms with Gasteiger partial charge in [-0.2, -0.15) is 0 Å². The average molecular weight is 282 g/mol. The molecule has 0 bridgehead atoms. The van der Waals surface area contributed by atoms with Crippen molar-refractivity contribution in [3.8, 4) is 0 Å². The standard InChI is InChI=1S/C11H24BrNO2/c1-3-4-9-15-11-8-13(6-5-12)7-10-14-2/h3-11H2,1-2H3. The van der Waals surface area contributed by atoms with Crippen molar-refractivity contribution in [2.45, 2.75) is 19.8 Å². The summed E-state index contributed by atoms with van der Waals surface area (Å²) >= 11 is 3.45. The molecule has 0 atom stereocenters. The predicted octanol–water partition coefficient (Wildman–Crippen LogP) is 2.15. The van der Waals surface area contributed by atoms with Gasteiger partial charge in [0.2, 0.25) is 0 Å². The lowest BCUT2D eigenvalue weighted by Crippen LogP contribution is -2.32. The minimum Gasteiger partial charge on any atom is -0.383 e. The quantitative estimate of drug-likeness (QED) is 0.428. The van der Waals surface area contributed by atoms with Gasteiger partial charge < -0.3 is 9.47 Å². The summed E-state index contributed by atoms with van der Waals surface area (Å²) in [7, 11) is 1.74. The molecule has 0 aliphatic carbocycles. The number of halogens is 1. The molecule has 15 heavy (non-hydrogen) atoms. The molecule has 0 unspecified atom stereocenters. The molecule has 0 saturated heterocycles. The van der Waals surface area contributed by atoms with E-state index in [1.54, 1.807) is 7.11 Å². The van der Waals surface area contributed by atoms with Crippen LogP contribution in [0.3, 0.4) is 0 Å². The van der Waals surface area contributed by atoms with E-state index in [0.717, 1.165) is 51.2 Å². The zero-order valence-electron chi connectivity index (χ0n) is 10.0. The molecule has 0 saturated carbocycles. The van der Waals surface area contributed by atoms with Gasteiger partial charge in [-0.25, -0.2) is 0 Å². The van der Waals surface area contributed by atoms with Crippen LogP contribution in [-0.4, -0.2) is 56.8 Å². The van der Waals surface area contributed by atoms with Crippen LogP contribution in [-0.2, 0) is 9.47 Å². The summed E-state index contributed by atoms with van der Waals surface area (Å²) in [6.45, 7) is 7.74. The highest BCUT2D eigenvalue weighted by Crippen LogP contribution is 1.93. The summed E-state index contributed by atoms with van der Waals surface area (Å²) in [6.07, 6.45) is 2.37. The molecule has 3 nitrogen and oxygen atoms in total. The SMILES string of the molecule is CCCCOCCN(CCBr)CCOC. The van der Waals surface area contributed by atoms with Gasteiger partial charge in [0, 0.05) is 38.7 Å². The van der Waals surface area contributed by atoms with E-state index in [1.165, 1.54) is 6.42 Å². The number of rotatable bonds is 11. The number of nitrogens with zero attached hydrogens (tertiary/aromatic N) is 1. The number of unbranched alkanes of at least 4 members (excludes halogenated alkanes) is 1. The summed E-state index contributed by atoms with van der Waals surface area (Å²) in [6, 6.07) is 0. The van der Waals surface area contributed by atoms with Crippen molar-refractivity contribution in [2.24, 2.45) is 0 Å². The lowest BCUT2D eigenvalue weighted by Gasteiger charge is -2.20. The smallest absolute Gasteiger partial charge is 0.0593 e. The summed E-state index contributed by atoms with van der Waals surface area (Å²) < 4.78 is 10.6. The van der Waals surface area contributed by atoms with Gasteiger partial charge in [-0.15, -0.1) is 0 Å². The number of alkyl halides is 1. The number of hydrogen-bond donors (Lipinski definition) is 0. The van der Waals surface area contributed by atoms with Gasteiger partial charge in [-0.05, 0) is 6.42 Å². The molecule has 0 aliphatic heterocycles. The second-order valence-corrected chi connectivity index (χ2v) is 4.28. The topological polar surface area (TPSA) is 21.7 Å². The average Bonchev–Trinajstić information content (AvgIpc) is 2.25.